The molecule has 5 nitrogen and oxygen atoms in total. The molecule has 202 valence electrons. The number of benzene rings is 3. The van der Waals surface area contributed by atoms with Gasteiger partial charge in [-0.05, 0) is 80.2 Å². The summed E-state index contributed by atoms with van der Waals surface area (Å²) in [6, 6.07) is 25.7. The molecule has 0 saturated carbocycles. The Bertz CT molecular complexity index is 1550. The number of allylic oxidation sites excluding steroid dienone is 1. The number of hydrogen-bond donors (Lipinski definition) is 0. The third-order valence-electron chi connectivity index (χ3n) is 7.18. The van der Waals surface area contributed by atoms with E-state index >= 15 is 0 Å². The number of sulfone groups is 1. The zero-order chi connectivity index (χ0) is 27.8. The summed E-state index contributed by atoms with van der Waals surface area (Å²) >= 11 is 0. The summed E-state index contributed by atoms with van der Waals surface area (Å²) in [6.45, 7) is 6.03. The van der Waals surface area contributed by atoms with Crippen LogP contribution in [0.3, 0.4) is 0 Å². The Morgan fingerprint density at radius 1 is 1.03 bits per heavy atom. The first-order valence-corrected chi connectivity index (χ1v) is 14.8. The molecule has 0 bridgehead atoms. The summed E-state index contributed by atoms with van der Waals surface area (Å²) in [5.41, 5.74) is 4.80. The normalized spacial score (nSPS) is 15.8. The first-order chi connectivity index (χ1) is 18.8. The van der Waals surface area contributed by atoms with Crippen LogP contribution in [0.1, 0.15) is 41.3 Å². The van der Waals surface area contributed by atoms with Gasteiger partial charge in [0.15, 0.2) is 9.84 Å². The average Bonchev–Trinajstić information content (AvgIpc) is 3.53. The van der Waals surface area contributed by atoms with Gasteiger partial charge in [0.2, 0.25) is 5.91 Å². The Labute approximate surface area is 232 Å². The maximum atomic E-state index is 12.1. The number of nitrogens with zero attached hydrogens (tertiary/aromatic N) is 2. The van der Waals surface area contributed by atoms with Gasteiger partial charge in [0.05, 0.1) is 10.4 Å². The smallest absolute Gasteiger partial charge is 0.227 e. The third kappa shape index (κ3) is 7.22. The zero-order valence-electron chi connectivity index (χ0n) is 22.7. The second-order valence-electron chi connectivity index (χ2n) is 9.92. The van der Waals surface area contributed by atoms with Crippen LogP contribution in [0.2, 0.25) is 0 Å². The molecule has 1 saturated heterocycles. The first kappa shape index (κ1) is 28.3. The Hall–Kier alpha value is -3.74. The van der Waals surface area contributed by atoms with E-state index in [9.17, 15) is 13.2 Å². The van der Waals surface area contributed by atoms with Gasteiger partial charge in [-0.15, -0.1) is 0 Å². The van der Waals surface area contributed by atoms with E-state index in [-0.39, 0.29) is 10.8 Å². The maximum Gasteiger partial charge on any atom is 0.227 e. The van der Waals surface area contributed by atoms with Gasteiger partial charge in [0.25, 0.3) is 0 Å². The number of carbonyl (C=O) groups is 1. The summed E-state index contributed by atoms with van der Waals surface area (Å²) in [6.07, 6.45) is 10.9. The predicted octanol–water partition coefficient (Wildman–Crippen LogP) is 6.80. The van der Waals surface area contributed by atoms with Gasteiger partial charge in [0, 0.05) is 30.0 Å². The van der Waals surface area contributed by atoms with E-state index in [2.05, 4.69) is 79.3 Å². The summed E-state index contributed by atoms with van der Waals surface area (Å²) in [4.78, 5) is 14.9. The van der Waals surface area contributed by atoms with E-state index in [4.69, 9.17) is 0 Å². The molecule has 0 aliphatic carbocycles. The molecule has 0 unspecified atom stereocenters. The largest absolute Gasteiger partial charge is 0.303 e. The molecule has 0 radical (unpaired) electrons. The van der Waals surface area contributed by atoms with Crippen molar-refractivity contribution in [1.82, 2.24) is 9.47 Å². The quantitative estimate of drug-likeness (QED) is 0.259. The Kier molecular flexibility index (Phi) is 9.33. The molecule has 5 rings (SSSR count). The summed E-state index contributed by atoms with van der Waals surface area (Å²) in [7, 11) is -1.03. The second kappa shape index (κ2) is 12.9. The molecule has 0 spiro atoms. The van der Waals surface area contributed by atoms with Crippen LogP contribution in [0.25, 0.3) is 17.0 Å². The molecule has 1 aliphatic rings. The molecule has 1 atom stereocenters. The molecule has 0 amide bonds. The van der Waals surface area contributed by atoms with Crippen LogP contribution in [0.4, 0.5) is 0 Å². The van der Waals surface area contributed by atoms with Crippen LogP contribution in [0, 0.1) is 0 Å². The van der Waals surface area contributed by atoms with Crippen molar-refractivity contribution in [2.24, 2.45) is 0 Å². The molecular formula is C33H36N2O3S. The van der Waals surface area contributed by atoms with Crippen LogP contribution in [0.15, 0.2) is 108 Å². The average molecular weight is 541 g/mol. The van der Waals surface area contributed by atoms with E-state index in [0.717, 1.165) is 23.8 Å². The lowest BCUT2D eigenvalue weighted by Crippen LogP contribution is -2.26. The lowest BCUT2D eigenvalue weighted by Gasteiger charge is -2.18. The van der Waals surface area contributed by atoms with Crippen molar-refractivity contribution in [2.75, 3.05) is 13.6 Å². The standard InChI is InChI=1S/C25H28N2O.C8H8O2S/c1-19(28)27-18-22(17-23-12-7-15-26(23)2)24-16-21(13-14-25(24)27)11-6-10-20-8-4-3-5-9-20;1-2-11(9,10)8-6-4-3-5-7-8/h3-6,8-9,11,13-14,16,18,23H,7,10,12,15,17H2,1-2H3;2-7H,1H2/b11-6+;/t23-;/m1./s1. The topological polar surface area (TPSA) is 59.4 Å². The van der Waals surface area contributed by atoms with Gasteiger partial charge in [-0.2, -0.15) is 0 Å². The zero-order valence-corrected chi connectivity index (χ0v) is 23.5. The Morgan fingerprint density at radius 3 is 2.33 bits per heavy atom. The number of likely N-dealkylation sites (N-methyl/N-ethyl adjacent to an activating group) is 1. The van der Waals surface area contributed by atoms with Crippen LogP contribution in [0.5, 0.6) is 0 Å². The molecule has 0 N–H and O–H groups in total. The van der Waals surface area contributed by atoms with Crippen molar-refractivity contribution in [3.8, 4) is 0 Å². The van der Waals surface area contributed by atoms with Gasteiger partial charge in [-0.1, -0.05) is 73.3 Å². The van der Waals surface area contributed by atoms with Crippen molar-refractivity contribution in [2.45, 2.75) is 43.5 Å². The van der Waals surface area contributed by atoms with Crippen molar-refractivity contribution >= 4 is 32.7 Å². The van der Waals surface area contributed by atoms with Crippen LogP contribution in [-0.2, 0) is 22.7 Å². The fraction of sp³-hybridized carbons (Fsp3) is 0.242. The predicted molar refractivity (Wildman–Crippen MR) is 161 cm³/mol. The number of hydrogen-bond acceptors (Lipinski definition) is 4. The molecule has 6 heteroatoms. The molecular weight excluding hydrogens is 504 g/mol. The van der Waals surface area contributed by atoms with E-state index in [1.807, 2.05) is 6.07 Å². The molecule has 39 heavy (non-hydrogen) atoms. The number of aromatic nitrogens is 1. The fourth-order valence-electron chi connectivity index (χ4n) is 4.99. The van der Waals surface area contributed by atoms with E-state index in [1.165, 1.54) is 53.6 Å². The SMILES string of the molecule is C=CS(=O)(=O)c1ccccc1.CC(=O)n1cc(C[C@H]2CCCN2C)c2cc(/C=C/Cc3ccccc3)ccc21. The molecule has 1 aromatic heterocycles. The lowest BCUT2D eigenvalue weighted by molar-refractivity contribution is 0.0941. The Balaban J connectivity index is 0.000000270. The minimum atomic E-state index is -3.23. The highest BCUT2D eigenvalue weighted by atomic mass is 32.2. The highest BCUT2D eigenvalue weighted by Gasteiger charge is 2.23. The number of carbonyl (C=O) groups excluding carboxylic acids is 1. The number of fused-ring (bicyclic) bond motifs is 1. The molecule has 3 aromatic carbocycles. The molecule has 2 heterocycles. The van der Waals surface area contributed by atoms with E-state index in [1.54, 1.807) is 29.7 Å². The summed E-state index contributed by atoms with van der Waals surface area (Å²) < 4.78 is 24.0. The molecule has 4 aromatic rings. The maximum absolute atomic E-state index is 12.1. The first-order valence-electron chi connectivity index (χ1n) is 13.3. The van der Waals surface area contributed by atoms with Crippen LogP contribution in [-0.4, -0.2) is 43.4 Å². The highest BCUT2D eigenvalue weighted by molar-refractivity contribution is 7.94. The number of rotatable bonds is 7. The number of likely N-dealkylation sites (tertiary alicyclic amines) is 1. The monoisotopic (exact) mass is 540 g/mol. The van der Waals surface area contributed by atoms with Crippen molar-refractivity contribution < 1.29 is 13.2 Å². The third-order valence-corrected chi connectivity index (χ3v) is 8.54. The highest BCUT2D eigenvalue weighted by Crippen LogP contribution is 2.28. The van der Waals surface area contributed by atoms with Gasteiger partial charge < -0.3 is 4.90 Å². The minimum Gasteiger partial charge on any atom is -0.303 e. The van der Waals surface area contributed by atoms with E-state index in [0.29, 0.717) is 6.04 Å². The van der Waals surface area contributed by atoms with Gasteiger partial charge >= 0.3 is 0 Å². The lowest BCUT2D eigenvalue weighted by atomic mass is 10.0. The fourth-order valence-corrected chi connectivity index (χ4v) is 5.71. The van der Waals surface area contributed by atoms with E-state index < -0.39 is 9.84 Å². The van der Waals surface area contributed by atoms with Gasteiger partial charge in [0.1, 0.15) is 0 Å². The van der Waals surface area contributed by atoms with Crippen LogP contribution >= 0.6 is 0 Å². The summed E-state index contributed by atoms with van der Waals surface area (Å²) in [5, 5.41) is 2.15. The molecule has 1 aliphatic heterocycles. The van der Waals surface area contributed by atoms with Crippen molar-refractivity contribution in [3.63, 3.8) is 0 Å². The van der Waals surface area contributed by atoms with Gasteiger partial charge in [-0.25, -0.2) is 8.42 Å². The molecule has 1 fully saturated rings. The van der Waals surface area contributed by atoms with Crippen molar-refractivity contribution in [1.29, 1.82) is 0 Å². The van der Waals surface area contributed by atoms with Crippen LogP contribution < -0.4 is 0 Å². The second-order valence-corrected chi connectivity index (χ2v) is 11.8. The summed E-state index contributed by atoms with van der Waals surface area (Å²) in [5.74, 6) is 0.0726. The minimum absolute atomic E-state index is 0.0726. The van der Waals surface area contributed by atoms with Crippen molar-refractivity contribution in [3.05, 3.63) is 120 Å². The van der Waals surface area contributed by atoms with Gasteiger partial charge in [-0.3, -0.25) is 9.36 Å². The Morgan fingerprint density at radius 2 is 1.72 bits per heavy atom.